The van der Waals surface area contributed by atoms with E-state index in [1.54, 1.807) is 22.3 Å². The van der Waals surface area contributed by atoms with Gasteiger partial charge in [0.25, 0.3) is 0 Å². The van der Waals surface area contributed by atoms with E-state index in [1.807, 2.05) is 42.5 Å². The fourth-order valence-electron chi connectivity index (χ4n) is 1.76. The molecule has 3 aromatic rings. The molecule has 0 saturated carbocycles. The molecule has 3 rings (SSSR count). The summed E-state index contributed by atoms with van der Waals surface area (Å²) < 4.78 is 7.27. The van der Waals surface area contributed by atoms with Crippen LogP contribution in [0.4, 0.5) is 0 Å². The normalized spacial score (nSPS) is 10.7. The highest BCUT2D eigenvalue weighted by molar-refractivity contribution is 7.11. The maximum Gasteiger partial charge on any atom is 0.336 e. The molecule has 0 aliphatic carbocycles. The molecule has 0 aliphatic rings. The Labute approximate surface area is 120 Å². The predicted octanol–water partition coefficient (Wildman–Crippen LogP) is 2.37. The molecule has 0 atom stereocenters. The zero-order valence-corrected chi connectivity index (χ0v) is 11.6. The molecule has 0 fully saturated rings. The molecule has 2 heterocycles. The fraction of sp³-hybridized carbons (Fsp3) is 0.143. The number of benzene rings is 1. The van der Waals surface area contributed by atoms with Crippen LogP contribution in [0.25, 0.3) is 5.69 Å². The molecule has 102 valence electrons. The topological polar surface area (TPSA) is 66.0 Å². The van der Waals surface area contributed by atoms with Crippen LogP contribution in [0.5, 0.6) is 6.01 Å². The Hall–Kier alpha value is -2.18. The highest BCUT2D eigenvalue weighted by Crippen LogP contribution is 2.17. The van der Waals surface area contributed by atoms with Crippen molar-refractivity contribution in [3.05, 3.63) is 58.5 Å². The molecule has 20 heavy (non-hydrogen) atoms. The molecule has 0 radical (unpaired) electrons. The van der Waals surface area contributed by atoms with Gasteiger partial charge in [-0.1, -0.05) is 18.2 Å². The lowest BCUT2D eigenvalue weighted by Gasteiger charge is -1.99. The molecule has 5 nitrogen and oxygen atoms in total. The number of ether oxygens (including phenoxy) is 1. The lowest BCUT2D eigenvalue weighted by molar-refractivity contribution is 0.284. The number of nitrogens with two attached hydrogens (primary N) is 1. The lowest BCUT2D eigenvalue weighted by Crippen LogP contribution is -1.97. The Kier molecular flexibility index (Phi) is 3.76. The molecule has 6 heteroatoms. The molecule has 2 aromatic heterocycles. The summed E-state index contributed by atoms with van der Waals surface area (Å²) in [6, 6.07) is 14.2. The third-order valence-corrected chi connectivity index (χ3v) is 3.83. The predicted molar refractivity (Wildman–Crippen MR) is 77.9 cm³/mol. The van der Waals surface area contributed by atoms with Crippen LogP contribution in [0.15, 0.2) is 48.8 Å². The van der Waals surface area contributed by atoms with Crippen LogP contribution in [-0.2, 0) is 13.2 Å². The fourth-order valence-corrected chi connectivity index (χ4v) is 2.57. The van der Waals surface area contributed by atoms with E-state index in [2.05, 4.69) is 10.1 Å². The van der Waals surface area contributed by atoms with Gasteiger partial charge in [-0.05, 0) is 24.3 Å². The van der Waals surface area contributed by atoms with Gasteiger partial charge in [0.05, 0.1) is 5.69 Å². The zero-order chi connectivity index (χ0) is 13.8. The number of rotatable bonds is 5. The second kappa shape index (κ2) is 5.85. The van der Waals surface area contributed by atoms with Crippen LogP contribution < -0.4 is 10.5 Å². The van der Waals surface area contributed by atoms with E-state index in [0.717, 1.165) is 15.4 Å². The van der Waals surface area contributed by atoms with E-state index in [9.17, 15) is 0 Å². The monoisotopic (exact) mass is 286 g/mol. The summed E-state index contributed by atoms with van der Waals surface area (Å²) in [5.41, 5.74) is 6.53. The molecule has 0 saturated heterocycles. The molecular formula is C14H14N4OS. The van der Waals surface area contributed by atoms with Gasteiger partial charge in [-0.15, -0.1) is 16.4 Å². The standard InChI is InChI=1S/C14H14N4OS/c15-8-12-6-7-13(20-12)9-19-14-16-10-18(17-14)11-4-2-1-3-5-11/h1-7,10H,8-9,15H2. The molecular weight excluding hydrogens is 272 g/mol. The molecule has 0 amide bonds. The Morgan fingerprint density at radius 1 is 1.10 bits per heavy atom. The quantitative estimate of drug-likeness (QED) is 0.782. The van der Waals surface area contributed by atoms with Crippen LogP contribution in [0.1, 0.15) is 9.75 Å². The Bertz CT molecular complexity index is 677. The van der Waals surface area contributed by atoms with Gasteiger partial charge in [0.1, 0.15) is 12.9 Å². The van der Waals surface area contributed by atoms with E-state index in [4.69, 9.17) is 10.5 Å². The van der Waals surface area contributed by atoms with Gasteiger partial charge in [0.15, 0.2) is 0 Å². The molecule has 0 spiro atoms. The summed E-state index contributed by atoms with van der Waals surface area (Å²) in [6.45, 7) is 1.02. The highest BCUT2D eigenvalue weighted by Gasteiger charge is 2.05. The van der Waals surface area contributed by atoms with Gasteiger partial charge in [-0.3, -0.25) is 0 Å². The number of thiophene rings is 1. The number of hydrogen-bond acceptors (Lipinski definition) is 5. The first-order chi connectivity index (χ1) is 9.85. The van der Waals surface area contributed by atoms with Crippen molar-refractivity contribution in [1.82, 2.24) is 14.8 Å². The van der Waals surface area contributed by atoms with Gasteiger partial charge >= 0.3 is 6.01 Å². The number of hydrogen-bond donors (Lipinski definition) is 1. The minimum atomic E-state index is 0.372. The Morgan fingerprint density at radius 2 is 1.90 bits per heavy atom. The second-order valence-electron chi connectivity index (χ2n) is 4.17. The van der Waals surface area contributed by atoms with Crippen molar-refractivity contribution >= 4 is 11.3 Å². The summed E-state index contributed by atoms with van der Waals surface area (Å²) in [4.78, 5) is 6.40. The van der Waals surface area contributed by atoms with Crippen LogP contribution in [0.3, 0.4) is 0 Å². The summed E-state index contributed by atoms with van der Waals surface area (Å²) in [6.07, 6.45) is 1.64. The molecule has 2 N–H and O–H groups in total. The molecule has 0 bridgehead atoms. The minimum Gasteiger partial charge on any atom is -0.457 e. The van der Waals surface area contributed by atoms with Gasteiger partial charge in [-0.25, -0.2) is 4.68 Å². The van der Waals surface area contributed by atoms with Gasteiger partial charge in [0, 0.05) is 16.3 Å². The average Bonchev–Trinajstić information content (AvgIpc) is 3.15. The Morgan fingerprint density at radius 3 is 2.65 bits per heavy atom. The second-order valence-corrected chi connectivity index (χ2v) is 5.42. The molecule has 0 unspecified atom stereocenters. The van der Waals surface area contributed by atoms with Crippen molar-refractivity contribution in [2.45, 2.75) is 13.2 Å². The smallest absolute Gasteiger partial charge is 0.336 e. The van der Waals surface area contributed by atoms with E-state index < -0.39 is 0 Å². The summed E-state index contributed by atoms with van der Waals surface area (Å²) in [5.74, 6) is 0. The van der Waals surface area contributed by atoms with Crippen molar-refractivity contribution in [1.29, 1.82) is 0 Å². The highest BCUT2D eigenvalue weighted by atomic mass is 32.1. The maximum atomic E-state index is 5.58. The first-order valence-corrected chi connectivity index (χ1v) is 7.04. The van der Waals surface area contributed by atoms with Crippen LogP contribution in [0, 0.1) is 0 Å². The third-order valence-electron chi connectivity index (χ3n) is 2.75. The number of para-hydroxylation sites is 1. The van der Waals surface area contributed by atoms with E-state index in [1.165, 1.54) is 0 Å². The largest absolute Gasteiger partial charge is 0.457 e. The van der Waals surface area contributed by atoms with E-state index in [-0.39, 0.29) is 0 Å². The van der Waals surface area contributed by atoms with Crippen molar-refractivity contribution < 1.29 is 4.74 Å². The summed E-state index contributed by atoms with van der Waals surface area (Å²) >= 11 is 1.64. The molecule has 0 aliphatic heterocycles. The number of nitrogens with zero attached hydrogens (tertiary/aromatic N) is 3. The van der Waals surface area contributed by atoms with Gasteiger partial charge in [-0.2, -0.15) is 4.98 Å². The van der Waals surface area contributed by atoms with Crippen molar-refractivity contribution in [2.75, 3.05) is 0 Å². The van der Waals surface area contributed by atoms with Crippen molar-refractivity contribution in [3.8, 4) is 11.7 Å². The third kappa shape index (κ3) is 2.87. The van der Waals surface area contributed by atoms with Crippen LogP contribution >= 0.6 is 11.3 Å². The minimum absolute atomic E-state index is 0.372. The molecule has 1 aromatic carbocycles. The van der Waals surface area contributed by atoms with Crippen molar-refractivity contribution in [2.24, 2.45) is 5.73 Å². The number of aromatic nitrogens is 3. The first-order valence-electron chi connectivity index (χ1n) is 6.22. The van der Waals surface area contributed by atoms with Gasteiger partial charge in [0.2, 0.25) is 0 Å². The summed E-state index contributed by atoms with van der Waals surface area (Å²) in [7, 11) is 0. The van der Waals surface area contributed by atoms with Crippen LogP contribution in [0.2, 0.25) is 0 Å². The van der Waals surface area contributed by atoms with Crippen LogP contribution in [-0.4, -0.2) is 14.8 Å². The average molecular weight is 286 g/mol. The first kappa shape index (κ1) is 12.8. The maximum absolute atomic E-state index is 5.58. The Balaban J connectivity index is 1.65. The van der Waals surface area contributed by atoms with E-state index in [0.29, 0.717) is 19.2 Å². The zero-order valence-electron chi connectivity index (χ0n) is 10.8. The summed E-state index contributed by atoms with van der Waals surface area (Å²) in [5, 5.41) is 4.29. The SMILES string of the molecule is NCc1ccc(COc2ncn(-c3ccccc3)n2)s1. The lowest BCUT2D eigenvalue weighted by atomic mass is 10.3. The van der Waals surface area contributed by atoms with Crippen molar-refractivity contribution in [3.63, 3.8) is 0 Å². The van der Waals surface area contributed by atoms with E-state index >= 15 is 0 Å². The van der Waals surface area contributed by atoms with Gasteiger partial charge < -0.3 is 10.5 Å².